The van der Waals surface area contributed by atoms with Crippen LogP contribution in [0.4, 0.5) is 0 Å². The molecule has 0 saturated carbocycles. The summed E-state index contributed by atoms with van der Waals surface area (Å²) in [7, 11) is 0. The number of nitriles is 1. The number of phenols is 1. The highest BCUT2D eigenvalue weighted by Crippen LogP contribution is 2.33. The van der Waals surface area contributed by atoms with Crippen molar-refractivity contribution in [1.29, 1.82) is 5.26 Å². The number of hydrogen-bond acceptors (Lipinski definition) is 3. The third-order valence-electron chi connectivity index (χ3n) is 4.10. The lowest BCUT2D eigenvalue weighted by Crippen LogP contribution is -2.05. The molecule has 0 amide bonds. The SMILES string of the molecule is CC(C)Oc1ccc(/C(=C(/C#N)c2ccccc2)c2ccc(O)cc2)cc1. The predicted molar refractivity (Wildman–Crippen MR) is 108 cm³/mol. The first-order valence-corrected chi connectivity index (χ1v) is 8.85. The molecule has 3 aromatic carbocycles. The van der Waals surface area contributed by atoms with Crippen LogP contribution in [0.2, 0.25) is 0 Å². The summed E-state index contributed by atoms with van der Waals surface area (Å²) < 4.78 is 5.73. The minimum atomic E-state index is 0.0990. The Bertz CT molecular complexity index is 964. The van der Waals surface area contributed by atoms with Gasteiger partial charge in [0.05, 0.1) is 11.7 Å². The molecule has 134 valence electrons. The van der Waals surface area contributed by atoms with E-state index < -0.39 is 0 Å². The van der Waals surface area contributed by atoms with Crippen molar-refractivity contribution in [1.82, 2.24) is 0 Å². The Balaban J connectivity index is 2.17. The molecule has 3 rings (SSSR count). The van der Waals surface area contributed by atoms with Crippen LogP contribution in [-0.2, 0) is 0 Å². The van der Waals surface area contributed by atoms with Crippen LogP contribution in [0.3, 0.4) is 0 Å². The Hall–Kier alpha value is -3.51. The molecule has 0 fully saturated rings. The van der Waals surface area contributed by atoms with E-state index in [9.17, 15) is 10.4 Å². The van der Waals surface area contributed by atoms with Gasteiger partial charge in [-0.05, 0) is 54.8 Å². The topological polar surface area (TPSA) is 53.2 Å². The molecule has 0 aliphatic heterocycles. The Morgan fingerprint density at radius 3 is 1.89 bits per heavy atom. The van der Waals surface area contributed by atoms with E-state index >= 15 is 0 Å². The Morgan fingerprint density at radius 1 is 0.815 bits per heavy atom. The molecular formula is C24H21NO2. The van der Waals surface area contributed by atoms with Crippen molar-refractivity contribution in [3.8, 4) is 17.6 Å². The summed E-state index contributed by atoms with van der Waals surface area (Å²) in [5.74, 6) is 0.981. The zero-order valence-corrected chi connectivity index (χ0v) is 15.4. The zero-order valence-electron chi connectivity index (χ0n) is 15.4. The van der Waals surface area contributed by atoms with Crippen molar-refractivity contribution in [3.63, 3.8) is 0 Å². The molecule has 1 N–H and O–H groups in total. The van der Waals surface area contributed by atoms with E-state index in [-0.39, 0.29) is 11.9 Å². The quantitative estimate of drug-likeness (QED) is 0.474. The molecule has 0 aliphatic carbocycles. The fourth-order valence-electron chi connectivity index (χ4n) is 2.93. The van der Waals surface area contributed by atoms with Gasteiger partial charge >= 0.3 is 0 Å². The number of rotatable bonds is 5. The molecule has 0 heterocycles. The Kier molecular flexibility index (Phi) is 5.58. The van der Waals surface area contributed by atoms with Crippen LogP contribution in [0.5, 0.6) is 11.5 Å². The molecule has 0 bridgehead atoms. The first-order valence-electron chi connectivity index (χ1n) is 8.85. The maximum absolute atomic E-state index is 9.92. The van der Waals surface area contributed by atoms with Crippen LogP contribution in [0.15, 0.2) is 78.9 Å². The highest BCUT2D eigenvalue weighted by atomic mass is 16.5. The summed E-state index contributed by atoms with van der Waals surface area (Å²) in [4.78, 5) is 0. The van der Waals surface area contributed by atoms with E-state index in [0.29, 0.717) is 5.57 Å². The summed E-state index contributed by atoms with van der Waals surface area (Å²) in [6, 6.07) is 26.6. The third kappa shape index (κ3) is 4.37. The normalized spacial score (nSPS) is 11.6. The summed E-state index contributed by atoms with van der Waals surface area (Å²) in [6.07, 6.45) is 0.0990. The van der Waals surface area contributed by atoms with Gasteiger partial charge in [-0.2, -0.15) is 5.26 Å². The maximum atomic E-state index is 9.92. The van der Waals surface area contributed by atoms with Crippen LogP contribution in [0.1, 0.15) is 30.5 Å². The second-order valence-corrected chi connectivity index (χ2v) is 6.47. The van der Waals surface area contributed by atoms with E-state index in [1.165, 1.54) is 0 Å². The van der Waals surface area contributed by atoms with Gasteiger partial charge in [0, 0.05) is 5.57 Å². The number of phenolic OH excluding ortho intramolecular Hbond substituents is 1. The van der Waals surface area contributed by atoms with Gasteiger partial charge in [0.1, 0.15) is 17.6 Å². The third-order valence-corrected chi connectivity index (χ3v) is 4.10. The zero-order chi connectivity index (χ0) is 19.2. The maximum Gasteiger partial charge on any atom is 0.119 e. The number of benzene rings is 3. The van der Waals surface area contributed by atoms with E-state index in [1.807, 2.05) is 80.6 Å². The average Bonchev–Trinajstić information content (AvgIpc) is 2.68. The molecule has 0 unspecified atom stereocenters. The molecule has 3 nitrogen and oxygen atoms in total. The van der Waals surface area contributed by atoms with Crippen molar-refractivity contribution in [2.75, 3.05) is 0 Å². The molecule has 3 heteroatoms. The minimum Gasteiger partial charge on any atom is -0.508 e. The summed E-state index contributed by atoms with van der Waals surface area (Å²) >= 11 is 0. The standard InChI is InChI=1S/C24H21NO2/c1-17(2)27-22-14-10-20(11-15-22)24(19-8-12-21(26)13-9-19)23(16-25)18-6-4-3-5-7-18/h3-15,17,26H,1-2H3/b24-23-. The fraction of sp³-hybridized carbons (Fsp3) is 0.125. The van der Waals surface area contributed by atoms with Crippen molar-refractivity contribution in [3.05, 3.63) is 95.6 Å². The largest absolute Gasteiger partial charge is 0.508 e. The number of ether oxygens (including phenoxy) is 1. The summed E-state index contributed by atoms with van der Waals surface area (Å²) in [5, 5.41) is 19.6. The smallest absolute Gasteiger partial charge is 0.119 e. The van der Waals surface area contributed by atoms with Crippen LogP contribution in [0, 0.1) is 11.3 Å². The molecule has 0 aromatic heterocycles. The molecule has 3 aromatic rings. The first-order chi connectivity index (χ1) is 13.1. The van der Waals surface area contributed by atoms with Gasteiger partial charge in [0.15, 0.2) is 0 Å². The lowest BCUT2D eigenvalue weighted by molar-refractivity contribution is 0.242. The van der Waals surface area contributed by atoms with Gasteiger partial charge in [-0.15, -0.1) is 0 Å². The van der Waals surface area contributed by atoms with Gasteiger partial charge in [-0.25, -0.2) is 0 Å². The summed E-state index contributed by atoms with van der Waals surface area (Å²) in [5.41, 5.74) is 4.03. The van der Waals surface area contributed by atoms with Crippen LogP contribution >= 0.6 is 0 Å². The van der Waals surface area contributed by atoms with Gasteiger partial charge < -0.3 is 9.84 Å². The highest BCUT2D eigenvalue weighted by Gasteiger charge is 2.14. The molecular weight excluding hydrogens is 334 g/mol. The van der Waals surface area contributed by atoms with Gasteiger partial charge in [-0.1, -0.05) is 54.6 Å². The van der Waals surface area contributed by atoms with Crippen LogP contribution in [0.25, 0.3) is 11.1 Å². The minimum absolute atomic E-state index is 0.0990. The van der Waals surface area contributed by atoms with Gasteiger partial charge in [-0.3, -0.25) is 0 Å². The Labute approximate surface area is 159 Å². The number of hydrogen-bond donors (Lipinski definition) is 1. The molecule has 0 radical (unpaired) electrons. The number of aromatic hydroxyl groups is 1. The molecule has 27 heavy (non-hydrogen) atoms. The van der Waals surface area contributed by atoms with Gasteiger partial charge in [0.2, 0.25) is 0 Å². The fourth-order valence-corrected chi connectivity index (χ4v) is 2.93. The predicted octanol–water partition coefficient (Wildman–Crippen LogP) is 5.66. The highest BCUT2D eigenvalue weighted by molar-refractivity contribution is 6.03. The van der Waals surface area contributed by atoms with Crippen molar-refractivity contribution < 1.29 is 9.84 Å². The molecule has 0 aliphatic rings. The van der Waals surface area contributed by atoms with Crippen molar-refractivity contribution >= 4 is 11.1 Å². The second-order valence-electron chi connectivity index (χ2n) is 6.47. The lowest BCUT2D eigenvalue weighted by Gasteiger charge is -2.14. The number of allylic oxidation sites excluding steroid dienone is 1. The van der Waals surface area contributed by atoms with E-state index in [0.717, 1.165) is 28.0 Å². The second kappa shape index (κ2) is 8.25. The van der Waals surface area contributed by atoms with E-state index in [2.05, 4.69) is 6.07 Å². The molecule has 0 saturated heterocycles. The molecule has 0 spiro atoms. The van der Waals surface area contributed by atoms with E-state index in [1.54, 1.807) is 12.1 Å². The lowest BCUT2D eigenvalue weighted by atomic mass is 9.90. The average molecular weight is 355 g/mol. The summed E-state index contributed by atoms with van der Waals surface area (Å²) in [6.45, 7) is 3.97. The van der Waals surface area contributed by atoms with Crippen LogP contribution < -0.4 is 4.74 Å². The monoisotopic (exact) mass is 355 g/mol. The Morgan fingerprint density at radius 2 is 1.37 bits per heavy atom. The number of nitrogens with zero attached hydrogens (tertiary/aromatic N) is 1. The van der Waals surface area contributed by atoms with Crippen molar-refractivity contribution in [2.45, 2.75) is 20.0 Å². The van der Waals surface area contributed by atoms with Gasteiger partial charge in [0.25, 0.3) is 0 Å². The van der Waals surface area contributed by atoms with Crippen molar-refractivity contribution in [2.24, 2.45) is 0 Å². The first kappa shape index (κ1) is 18.3. The molecule has 0 atom stereocenters. The van der Waals surface area contributed by atoms with Crippen LogP contribution in [-0.4, -0.2) is 11.2 Å². The van der Waals surface area contributed by atoms with E-state index in [4.69, 9.17) is 4.74 Å².